The van der Waals surface area contributed by atoms with Crippen LogP contribution in [0.25, 0.3) is 0 Å². The standard InChI is InChI=1S/C20H21NO4/c1-11(2)10-15-20-9-8-14(25-20)16(19(23)24)17(20)18(22)21(15)13-7-5-4-6-12(13)3/h4-9,14-17H,1,10H2,2-3H3,(H,23,24)/t14-,15?,16-,17+,20-/m1/s1. The molecule has 5 heteroatoms. The summed E-state index contributed by atoms with van der Waals surface area (Å²) in [6, 6.07) is 7.39. The minimum absolute atomic E-state index is 0.167. The van der Waals surface area contributed by atoms with E-state index in [1.165, 1.54) is 0 Å². The lowest BCUT2D eigenvalue weighted by atomic mass is 9.74. The van der Waals surface area contributed by atoms with Crippen molar-refractivity contribution in [2.75, 3.05) is 4.90 Å². The van der Waals surface area contributed by atoms with Gasteiger partial charge in [-0.25, -0.2) is 0 Å². The number of aryl methyl sites for hydroxylation is 1. The molecule has 130 valence electrons. The number of carbonyl (C=O) groups is 2. The number of hydrogen-bond donors (Lipinski definition) is 1. The molecule has 0 radical (unpaired) electrons. The Balaban J connectivity index is 1.87. The molecule has 5 atom stereocenters. The molecule has 25 heavy (non-hydrogen) atoms. The van der Waals surface area contributed by atoms with Crippen molar-refractivity contribution < 1.29 is 19.4 Å². The molecule has 0 aliphatic carbocycles. The maximum Gasteiger partial charge on any atom is 0.310 e. The number of carboxylic acid groups (broad SMARTS) is 1. The molecule has 1 N–H and O–H groups in total. The van der Waals surface area contributed by atoms with Crippen LogP contribution in [0, 0.1) is 18.8 Å². The zero-order valence-electron chi connectivity index (χ0n) is 14.3. The van der Waals surface area contributed by atoms with Crippen LogP contribution in [0.4, 0.5) is 5.69 Å². The molecule has 0 saturated carbocycles. The van der Waals surface area contributed by atoms with Gasteiger partial charge in [0.25, 0.3) is 0 Å². The van der Waals surface area contributed by atoms with E-state index in [0.717, 1.165) is 16.8 Å². The number of rotatable bonds is 4. The summed E-state index contributed by atoms with van der Waals surface area (Å²) < 4.78 is 6.14. The minimum Gasteiger partial charge on any atom is -0.481 e. The minimum atomic E-state index is -0.977. The van der Waals surface area contributed by atoms with E-state index in [0.29, 0.717) is 6.42 Å². The predicted octanol–water partition coefficient (Wildman–Crippen LogP) is 2.70. The van der Waals surface area contributed by atoms with Crippen molar-refractivity contribution in [2.45, 2.75) is 38.0 Å². The molecule has 0 aromatic heterocycles. The van der Waals surface area contributed by atoms with E-state index < -0.39 is 29.5 Å². The quantitative estimate of drug-likeness (QED) is 0.857. The fourth-order valence-corrected chi connectivity index (χ4v) is 4.63. The van der Waals surface area contributed by atoms with Gasteiger partial charge >= 0.3 is 5.97 Å². The lowest BCUT2D eigenvalue weighted by Crippen LogP contribution is -2.45. The highest BCUT2D eigenvalue weighted by atomic mass is 16.5. The molecule has 1 amide bonds. The Morgan fingerprint density at radius 2 is 2.12 bits per heavy atom. The van der Waals surface area contributed by atoms with Gasteiger partial charge in [0.05, 0.1) is 18.1 Å². The van der Waals surface area contributed by atoms with E-state index in [-0.39, 0.29) is 11.9 Å². The molecule has 3 aliphatic rings. The molecule has 1 unspecified atom stereocenters. The predicted molar refractivity (Wildman–Crippen MR) is 93.2 cm³/mol. The first-order valence-electron chi connectivity index (χ1n) is 8.50. The van der Waals surface area contributed by atoms with E-state index in [1.807, 2.05) is 44.2 Å². The first-order valence-corrected chi connectivity index (χ1v) is 8.50. The van der Waals surface area contributed by atoms with Crippen LogP contribution >= 0.6 is 0 Å². The second-order valence-corrected chi connectivity index (χ2v) is 7.31. The second-order valence-electron chi connectivity index (χ2n) is 7.31. The monoisotopic (exact) mass is 339 g/mol. The molecule has 1 spiro atoms. The van der Waals surface area contributed by atoms with Crippen LogP contribution in [0.5, 0.6) is 0 Å². The maximum absolute atomic E-state index is 13.4. The average molecular weight is 339 g/mol. The number of aliphatic carboxylic acids is 1. The number of hydrogen-bond acceptors (Lipinski definition) is 3. The van der Waals surface area contributed by atoms with Gasteiger partial charge in [0.1, 0.15) is 11.5 Å². The summed E-state index contributed by atoms with van der Waals surface area (Å²) in [7, 11) is 0. The summed E-state index contributed by atoms with van der Waals surface area (Å²) in [5.74, 6) is -2.67. The number of amides is 1. The largest absolute Gasteiger partial charge is 0.481 e. The highest BCUT2D eigenvalue weighted by Crippen LogP contribution is 2.57. The van der Waals surface area contributed by atoms with Crippen LogP contribution in [0.1, 0.15) is 18.9 Å². The van der Waals surface area contributed by atoms with Crippen LogP contribution in [0.2, 0.25) is 0 Å². The van der Waals surface area contributed by atoms with Gasteiger partial charge in [0.15, 0.2) is 0 Å². The Morgan fingerprint density at radius 1 is 1.40 bits per heavy atom. The lowest BCUT2D eigenvalue weighted by Gasteiger charge is -2.34. The van der Waals surface area contributed by atoms with Gasteiger partial charge in [0, 0.05) is 5.69 Å². The van der Waals surface area contributed by atoms with Crippen LogP contribution in [0.15, 0.2) is 48.6 Å². The van der Waals surface area contributed by atoms with Gasteiger partial charge < -0.3 is 14.7 Å². The van der Waals surface area contributed by atoms with Crippen molar-refractivity contribution in [3.63, 3.8) is 0 Å². The first-order chi connectivity index (χ1) is 11.9. The third-order valence-electron chi connectivity index (χ3n) is 5.62. The van der Waals surface area contributed by atoms with E-state index >= 15 is 0 Å². The summed E-state index contributed by atoms with van der Waals surface area (Å²) >= 11 is 0. The fourth-order valence-electron chi connectivity index (χ4n) is 4.63. The number of anilines is 1. The SMILES string of the molecule is C=C(C)CC1N(c2ccccc2C)C(=O)[C@@H]2[C@H](C(=O)O)[C@H]3C=C[C@@]12O3. The molecule has 2 saturated heterocycles. The molecule has 3 aliphatic heterocycles. The van der Waals surface area contributed by atoms with Gasteiger partial charge in [-0.3, -0.25) is 9.59 Å². The topological polar surface area (TPSA) is 66.8 Å². The molecule has 5 nitrogen and oxygen atoms in total. The van der Waals surface area contributed by atoms with Crippen LogP contribution in [0.3, 0.4) is 0 Å². The van der Waals surface area contributed by atoms with E-state index in [1.54, 1.807) is 11.0 Å². The number of benzene rings is 1. The number of fused-ring (bicyclic) bond motifs is 1. The van der Waals surface area contributed by atoms with Crippen molar-refractivity contribution in [1.29, 1.82) is 0 Å². The molecule has 2 fully saturated rings. The lowest BCUT2D eigenvalue weighted by molar-refractivity contribution is -0.146. The van der Waals surface area contributed by atoms with Crippen molar-refractivity contribution >= 4 is 17.6 Å². The Kier molecular flexibility index (Phi) is 3.41. The van der Waals surface area contributed by atoms with E-state index in [9.17, 15) is 14.7 Å². The first kappa shape index (κ1) is 16.1. The number of carbonyl (C=O) groups excluding carboxylic acids is 1. The van der Waals surface area contributed by atoms with Gasteiger partial charge in [-0.15, -0.1) is 6.58 Å². The van der Waals surface area contributed by atoms with Crippen LogP contribution < -0.4 is 4.90 Å². The summed E-state index contributed by atoms with van der Waals surface area (Å²) in [5, 5.41) is 9.67. The summed E-state index contributed by atoms with van der Waals surface area (Å²) in [5.41, 5.74) is 1.84. The third-order valence-corrected chi connectivity index (χ3v) is 5.62. The molecule has 1 aromatic rings. The molecular weight excluding hydrogens is 318 g/mol. The zero-order chi connectivity index (χ0) is 17.9. The third kappa shape index (κ3) is 2.05. The normalized spacial score (nSPS) is 35.3. The summed E-state index contributed by atoms with van der Waals surface area (Å²) in [6.45, 7) is 7.88. The Bertz CT molecular complexity index is 814. The average Bonchev–Trinajstić information content (AvgIpc) is 3.18. The highest BCUT2D eigenvalue weighted by Gasteiger charge is 2.71. The molecule has 1 aromatic carbocycles. The van der Waals surface area contributed by atoms with Crippen molar-refractivity contribution in [3.8, 4) is 0 Å². The number of carboxylic acids is 1. The highest BCUT2D eigenvalue weighted by molar-refractivity contribution is 6.03. The molecule has 4 rings (SSSR count). The summed E-state index contributed by atoms with van der Waals surface area (Å²) in [6.07, 6.45) is 3.75. The Hall–Kier alpha value is -2.40. The molecule has 3 heterocycles. The fraction of sp³-hybridized carbons (Fsp3) is 0.400. The summed E-state index contributed by atoms with van der Waals surface area (Å²) in [4.78, 5) is 26.9. The van der Waals surface area contributed by atoms with Gasteiger partial charge in [-0.05, 0) is 31.9 Å². The van der Waals surface area contributed by atoms with Crippen LogP contribution in [-0.4, -0.2) is 34.7 Å². The van der Waals surface area contributed by atoms with Gasteiger partial charge in [-0.1, -0.05) is 35.9 Å². The Morgan fingerprint density at radius 3 is 2.76 bits per heavy atom. The van der Waals surface area contributed by atoms with Gasteiger partial charge in [-0.2, -0.15) is 0 Å². The second kappa shape index (κ2) is 5.30. The van der Waals surface area contributed by atoms with E-state index in [2.05, 4.69) is 6.58 Å². The molecule has 2 bridgehead atoms. The number of ether oxygens (including phenoxy) is 1. The van der Waals surface area contributed by atoms with Crippen molar-refractivity contribution in [3.05, 3.63) is 54.1 Å². The van der Waals surface area contributed by atoms with Crippen LogP contribution in [-0.2, 0) is 14.3 Å². The van der Waals surface area contributed by atoms with E-state index in [4.69, 9.17) is 4.74 Å². The zero-order valence-corrected chi connectivity index (χ0v) is 14.3. The smallest absolute Gasteiger partial charge is 0.310 e. The van der Waals surface area contributed by atoms with Gasteiger partial charge in [0.2, 0.25) is 5.91 Å². The number of nitrogens with zero attached hydrogens (tertiary/aromatic N) is 1. The number of para-hydroxylation sites is 1. The maximum atomic E-state index is 13.4. The Labute approximate surface area is 146 Å². The van der Waals surface area contributed by atoms with Crippen molar-refractivity contribution in [2.24, 2.45) is 11.8 Å². The van der Waals surface area contributed by atoms with Crippen molar-refractivity contribution in [1.82, 2.24) is 0 Å². The molecular formula is C20H21NO4.